The number of rotatable bonds is 7. The lowest BCUT2D eigenvalue weighted by atomic mass is 9.86. The molecule has 1 N–H and O–H groups in total. The first-order valence-corrected chi connectivity index (χ1v) is 12.9. The molecule has 1 fully saturated rings. The number of allylic oxidation sites excluding steroid dienone is 1. The zero-order chi connectivity index (χ0) is 26.1. The Kier molecular flexibility index (Phi) is 7.40. The van der Waals surface area contributed by atoms with Crippen LogP contribution in [0.1, 0.15) is 43.1 Å². The van der Waals surface area contributed by atoms with Crippen LogP contribution in [0.25, 0.3) is 11.1 Å². The van der Waals surface area contributed by atoms with Crippen LogP contribution in [-0.4, -0.2) is 42.4 Å². The van der Waals surface area contributed by atoms with E-state index >= 15 is 0 Å². The van der Waals surface area contributed by atoms with E-state index in [1.54, 1.807) is 24.3 Å². The van der Waals surface area contributed by atoms with Gasteiger partial charge in [-0.3, -0.25) is 9.29 Å². The van der Waals surface area contributed by atoms with Gasteiger partial charge in [-0.1, -0.05) is 29.8 Å². The number of hydrogen-bond donors (Lipinski definition) is 1. The highest BCUT2D eigenvalue weighted by Crippen LogP contribution is 2.47. The Balaban J connectivity index is 1.39. The highest BCUT2D eigenvalue weighted by atomic mass is 35.5. The molecule has 0 amide bonds. The number of likely N-dealkylation sites (tertiary alicyclic amines) is 1. The van der Waals surface area contributed by atoms with Gasteiger partial charge in [-0.15, -0.1) is 0 Å². The van der Waals surface area contributed by atoms with Crippen LogP contribution in [0.2, 0.25) is 5.02 Å². The van der Waals surface area contributed by atoms with Crippen LogP contribution in [0, 0.1) is 11.7 Å². The number of nitrogens with zero attached hydrogens (tertiary/aromatic N) is 1. The molecular weight excluding hydrogens is 496 g/mol. The van der Waals surface area contributed by atoms with Gasteiger partial charge in [0, 0.05) is 29.6 Å². The Morgan fingerprint density at radius 3 is 2.62 bits per heavy atom. The van der Waals surface area contributed by atoms with Gasteiger partial charge in [-0.05, 0) is 86.0 Å². The molecule has 3 aromatic rings. The molecule has 2 aliphatic heterocycles. The largest absolute Gasteiger partial charge is 0.508 e. The second-order valence-corrected chi connectivity index (χ2v) is 10.3. The number of hydrogen-bond acceptors (Lipinski definition) is 4. The molecular formula is C30H30ClF2NO3. The maximum atomic E-state index is 14.4. The lowest BCUT2D eigenvalue weighted by Gasteiger charge is -2.31. The predicted octanol–water partition coefficient (Wildman–Crippen LogP) is 7.31. The van der Waals surface area contributed by atoms with Crippen molar-refractivity contribution in [1.29, 1.82) is 0 Å². The van der Waals surface area contributed by atoms with Gasteiger partial charge < -0.3 is 14.6 Å². The van der Waals surface area contributed by atoms with Crippen molar-refractivity contribution in [3.63, 3.8) is 0 Å². The van der Waals surface area contributed by atoms with Crippen molar-refractivity contribution in [2.75, 3.05) is 26.4 Å². The maximum absolute atomic E-state index is 14.4. The summed E-state index contributed by atoms with van der Waals surface area (Å²) in [5.74, 6) is 1.13. The normalized spacial score (nSPS) is 20.5. The standard InChI is InChI=1S/C30H30ClF2NO3/c1-18(34-12-11-20(15-32)16-34)17-36-24-7-3-21(4-8-24)30-29(22-5-9-26(31)27(33)13-22)19(2)25-14-23(35)6-10-28(25)37-30/h3-10,13-14,18,20,30,35H,11-12,15-17H2,1-2H3/t18-,20-,30?/m0/s1. The molecule has 0 aliphatic carbocycles. The van der Waals surface area contributed by atoms with Crippen LogP contribution in [0.15, 0.2) is 60.7 Å². The molecule has 5 rings (SSSR count). The summed E-state index contributed by atoms with van der Waals surface area (Å²) in [6.07, 6.45) is 0.403. The number of fused-ring (bicyclic) bond motifs is 1. The fraction of sp³-hybridized carbons (Fsp3) is 0.333. The average molecular weight is 526 g/mol. The molecule has 1 saturated heterocycles. The lowest BCUT2D eigenvalue weighted by molar-refractivity contribution is 0.165. The number of phenolic OH excluding ortho intramolecular Hbond substituents is 1. The van der Waals surface area contributed by atoms with E-state index in [1.165, 1.54) is 12.1 Å². The number of aromatic hydroxyl groups is 1. The molecule has 0 bridgehead atoms. The van der Waals surface area contributed by atoms with Crippen molar-refractivity contribution in [3.05, 3.63) is 88.2 Å². The third kappa shape index (κ3) is 5.32. The summed E-state index contributed by atoms with van der Waals surface area (Å²) in [5, 5.41) is 10.1. The van der Waals surface area contributed by atoms with E-state index in [1.807, 2.05) is 31.2 Å². The van der Waals surface area contributed by atoms with Gasteiger partial charge in [0.25, 0.3) is 0 Å². The minimum Gasteiger partial charge on any atom is -0.508 e. The number of alkyl halides is 1. The SMILES string of the molecule is CC1=C(c2ccc(Cl)c(F)c2)C(c2ccc(OC[C@H](C)N3CC[C@@H](CF)C3)cc2)Oc2ccc(O)cc21. The monoisotopic (exact) mass is 525 g/mol. The summed E-state index contributed by atoms with van der Waals surface area (Å²) >= 11 is 5.95. The van der Waals surface area contributed by atoms with E-state index in [9.17, 15) is 13.9 Å². The summed E-state index contributed by atoms with van der Waals surface area (Å²) < 4.78 is 39.8. The summed E-state index contributed by atoms with van der Waals surface area (Å²) in [5.41, 5.74) is 3.98. The van der Waals surface area contributed by atoms with E-state index in [2.05, 4.69) is 11.8 Å². The average Bonchev–Trinajstić information content (AvgIpc) is 3.39. The highest BCUT2D eigenvalue weighted by molar-refractivity contribution is 6.30. The zero-order valence-corrected chi connectivity index (χ0v) is 21.6. The van der Waals surface area contributed by atoms with E-state index in [0.717, 1.165) is 47.5 Å². The Labute approximate surface area is 221 Å². The Morgan fingerprint density at radius 2 is 1.92 bits per heavy atom. The molecule has 3 atom stereocenters. The Hall–Kier alpha value is -3.09. The molecule has 2 heterocycles. The molecule has 37 heavy (non-hydrogen) atoms. The minimum absolute atomic E-state index is 0.0539. The second-order valence-electron chi connectivity index (χ2n) is 9.88. The van der Waals surface area contributed by atoms with Crippen LogP contribution in [0.5, 0.6) is 17.2 Å². The van der Waals surface area contributed by atoms with E-state index in [4.69, 9.17) is 21.1 Å². The van der Waals surface area contributed by atoms with Gasteiger partial charge in [-0.25, -0.2) is 4.39 Å². The van der Waals surface area contributed by atoms with Crippen molar-refractivity contribution in [2.45, 2.75) is 32.4 Å². The third-order valence-corrected chi connectivity index (χ3v) is 7.65. The van der Waals surface area contributed by atoms with E-state index < -0.39 is 11.9 Å². The molecule has 194 valence electrons. The van der Waals surface area contributed by atoms with Crippen molar-refractivity contribution in [2.24, 2.45) is 5.92 Å². The van der Waals surface area contributed by atoms with Crippen LogP contribution < -0.4 is 9.47 Å². The smallest absolute Gasteiger partial charge is 0.150 e. The number of benzene rings is 3. The molecule has 0 radical (unpaired) electrons. The lowest BCUT2D eigenvalue weighted by Crippen LogP contribution is -2.35. The molecule has 0 aromatic heterocycles. The zero-order valence-electron chi connectivity index (χ0n) is 20.9. The van der Waals surface area contributed by atoms with Gasteiger partial charge in [0.1, 0.15) is 35.8 Å². The topological polar surface area (TPSA) is 41.9 Å². The first-order chi connectivity index (χ1) is 17.8. The van der Waals surface area contributed by atoms with Gasteiger partial charge >= 0.3 is 0 Å². The third-order valence-electron chi connectivity index (χ3n) is 7.34. The number of phenols is 1. The Bertz CT molecular complexity index is 1310. The molecule has 2 aliphatic rings. The van der Waals surface area contributed by atoms with Crippen LogP contribution in [-0.2, 0) is 0 Å². The van der Waals surface area contributed by atoms with Crippen molar-refractivity contribution < 1.29 is 23.4 Å². The quantitative estimate of drug-likeness (QED) is 0.351. The first-order valence-electron chi connectivity index (χ1n) is 12.5. The van der Waals surface area contributed by atoms with Crippen molar-refractivity contribution in [3.8, 4) is 17.2 Å². The summed E-state index contributed by atoms with van der Waals surface area (Å²) in [6, 6.07) is 17.6. The molecule has 3 aromatic carbocycles. The van der Waals surface area contributed by atoms with Gasteiger partial charge in [0.05, 0.1) is 11.7 Å². The fourth-order valence-corrected chi connectivity index (χ4v) is 5.28. The highest BCUT2D eigenvalue weighted by Gasteiger charge is 2.30. The van der Waals surface area contributed by atoms with Crippen molar-refractivity contribution in [1.82, 2.24) is 4.90 Å². The molecule has 0 spiro atoms. The number of ether oxygens (including phenoxy) is 2. The molecule has 1 unspecified atom stereocenters. The van der Waals surface area contributed by atoms with Crippen LogP contribution in [0.4, 0.5) is 8.78 Å². The van der Waals surface area contributed by atoms with Crippen LogP contribution >= 0.6 is 11.6 Å². The first kappa shape index (κ1) is 25.6. The van der Waals surface area contributed by atoms with Gasteiger partial charge in [-0.2, -0.15) is 0 Å². The molecule has 0 saturated carbocycles. The predicted molar refractivity (Wildman–Crippen MR) is 142 cm³/mol. The van der Waals surface area contributed by atoms with Gasteiger partial charge in [0.15, 0.2) is 0 Å². The Morgan fingerprint density at radius 1 is 1.14 bits per heavy atom. The maximum Gasteiger partial charge on any atom is 0.150 e. The fourth-order valence-electron chi connectivity index (χ4n) is 5.16. The van der Waals surface area contributed by atoms with Gasteiger partial charge in [0.2, 0.25) is 0 Å². The van der Waals surface area contributed by atoms with E-state index in [-0.39, 0.29) is 29.4 Å². The summed E-state index contributed by atoms with van der Waals surface area (Å²) in [6.45, 7) is 5.97. The molecule has 4 nitrogen and oxygen atoms in total. The molecule has 7 heteroatoms. The van der Waals surface area contributed by atoms with Crippen LogP contribution in [0.3, 0.4) is 0 Å². The minimum atomic E-state index is -0.506. The number of halogens is 3. The second kappa shape index (κ2) is 10.7. The van der Waals surface area contributed by atoms with E-state index in [0.29, 0.717) is 17.9 Å². The van der Waals surface area contributed by atoms with Crippen molar-refractivity contribution >= 4 is 22.7 Å². The summed E-state index contributed by atoms with van der Waals surface area (Å²) in [7, 11) is 0. The summed E-state index contributed by atoms with van der Waals surface area (Å²) in [4.78, 5) is 2.27.